The summed E-state index contributed by atoms with van der Waals surface area (Å²) in [5.41, 5.74) is 0.415. The van der Waals surface area contributed by atoms with Crippen LogP contribution in [0.3, 0.4) is 0 Å². The molecule has 0 radical (unpaired) electrons. The Morgan fingerprint density at radius 1 is 1.04 bits per heavy atom. The molecule has 1 aliphatic heterocycles. The van der Waals surface area contributed by atoms with E-state index < -0.39 is 17.7 Å². The number of β-amino-alcohol motifs (C(OH)–C–C–N with tert-alkyl or cyclic N) is 1. The van der Waals surface area contributed by atoms with E-state index in [1.807, 2.05) is 4.90 Å². The zero-order chi connectivity index (χ0) is 18.5. The highest BCUT2D eigenvalue weighted by molar-refractivity contribution is 6.30. The van der Waals surface area contributed by atoms with Crippen molar-refractivity contribution in [2.24, 2.45) is 0 Å². The lowest BCUT2D eigenvalue weighted by molar-refractivity contribution is 0.0662. The van der Waals surface area contributed by atoms with Gasteiger partial charge in [-0.2, -0.15) is 0 Å². The number of ether oxygens (including phenoxy) is 1. The molecule has 0 saturated carbocycles. The second-order valence-electron chi connectivity index (χ2n) is 6.30. The zero-order valence-corrected chi connectivity index (χ0v) is 15.0. The van der Waals surface area contributed by atoms with Gasteiger partial charge in [-0.15, -0.1) is 0 Å². The van der Waals surface area contributed by atoms with Gasteiger partial charge in [-0.3, -0.25) is 4.90 Å². The Hall–Kier alpha value is -1.89. The van der Waals surface area contributed by atoms with Gasteiger partial charge in [0.05, 0.1) is 5.69 Å². The first-order valence-electron chi connectivity index (χ1n) is 8.50. The van der Waals surface area contributed by atoms with Crippen molar-refractivity contribution in [1.82, 2.24) is 4.90 Å². The van der Waals surface area contributed by atoms with Gasteiger partial charge in [0.15, 0.2) is 0 Å². The van der Waals surface area contributed by atoms with Gasteiger partial charge < -0.3 is 14.7 Å². The smallest absolute Gasteiger partial charge is 0.149 e. The molecular formula is C19H21ClF2N2O2. The van der Waals surface area contributed by atoms with Gasteiger partial charge in [-0.25, -0.2) is 8.78 Å². The van der Waals surface area contributed by atoms with E-state index in [1.54, 1.807) is 24.3 Å². The van der Waals surface area contributed by atoms with Crippen LogP contribution in [-0.4, -0.2) is 55.4 Å². The number of halogens is 3. The maximum atomic E-state index is 13.9. The normalized spacial score (nSPS) is 16.5. The molecule has 0 aliphatic carbocycles. The molecule has 26 heavy (non-hydrogen) atoms. The first kappa shape index (κ1) is 18.9. The number of aliphatic hydroxyl groups excluding tert-OH is 1. The van der Waals surface area contributed by atoms with Crippen molar-refractivity contribution in [3.8, 4) is 5.75 Å². The molecule has 0 amide bonds. The number of aliphatic hydroxyl groups is 1. The Morgan fingerprint density at radius 3 is 2.38 bits per heavy atom. The third-order valence-corrected chi connectivity index (χ3v) is 4.60. The molecule has 1 heterocycles. The minimum atomic E-state index is -0.625. The van der Waals surface area contributed by atoms with Crippen molar-refractivity contribution in [2.75, 3.05) is 44.2 Å². The van der Waals surface area contributed by atoms with Crippen LogP contribution in [0.2, 0.25) is 5.02 Å². The molecule has 1 saturated heterocycles. The van der Waals surface area contributed by atoms with Gasteiger partial charge >= 0.3 is 0 Å². The quantitative estimate of drug-likeness (QED) is 0.832. The highest BCUT2D eigenvalue weighted by Crippen LogP contribution is 2.21. The third kappa shape index (κ3) is 5.06. The molecule has 1 unspecified atom stereocenters. The van der Waals surface area contributed by atoms with E-state index in [-0.39, 0.29) is 6.61 Å². The first-order chi connectivity index (χ1) is 12.5. The van der Waals surface area contributed by atoms with Gasteiger partial charge in [0.2, 0.25) is 0 Å². The Bertz CT molecular complexity index is 722. The van der Waals surface area contributed by atoms with Crippen LogP contribution < -0.4 is 9.64 Å². The lowest BCUT2D eigenvalue weighted by Gasteiger charge is -2.37. The summed E-state index contributed by atoms with van der Waals surface area (Å²) >= 11 is 5.82. The van der Waals surface area contributed by atoms with Crippen molar-refractivity contribution in [3.63, 3.8) is 0 Å². The molecule has 1 N–H and O–H groups in total. The Morgan fingerprint density at radius 2 is 1.73 bits per heavy atom. The number of anilines is 1. The summed E-state index contributed by atoms with van der Waals surface area (Å²) in [5.74, 6) is -0.464. The van der Waals surface area contributed by atoms with Crippen LogP contribution >= 0.6 is 11.6 Å². The molecule has 7 heteroatoms. The number of piperazine rings is 1. The monoisotopic (exact) mass is 382 g/mol. The average molecular weight is 383 g/mol. The van der Waals surface area contributed by atoms with Gasteiger partial charge in [0.25, 0.3) is 0 Å². The highest BCUT2D eigenvalue weighted by Gasteiger charge is 2.21. The van der Waals surface area contributed by atoms with E-state index in [0.29, 0.717) is 49.2 Å². The first-order valence-corrected chi connectivity index (χ1v) is 8.88. The molecule has 2 aromatic carbocycles. The van der Waals surface area contributed by atoms with Crippen LogP contribution in [0.15, 0.2) is 42.5 Å². The Labute approximate surface area is 156 Å². The standard InChI is InChI=1S/C19H21ClF2N2O2/c20-14-1-4-17(5-2-14)26-13-16(25)12-23-7-9-24(10-8-23)19-6-3-15(21)11-18(19)22/h1-6,11,16,25H,7-10,12-13H2. The Balaban J connectivity index is 1.43. The van der Waals surface area contributed by atoms with E-state index in [1.165, 1.54) is 12.1 Å². The summed E-state index contributed by atoms with van der Waals surface area (Å²) < 4.78 is 32.4. The van der Waals surface area contributed by atoms with E-state index in [0.717, 1.165) is 6.07 Å². The summed E-state index contributed by atoms with van der Waals surface area (Å²) in [4.78, 5) is 4.00. The number of nitrogens with zero attached hydrogens (tertiary/aromatic N) is 2. The van der Waals surface area contributed by atoms with E-state index in [9.17, 15) is 13.9 Å². The predicted octanol–water partition coefficient (Wildman–Crippen LogP) is 3.18. The third-order valence-electron chi connectivity index (χ3n) is 4.35. The maximum absolute atomic E-state index is 13.9. The summed E-state index contributed by atoms with van der Waals surface area (Å²) in [6.07, 6.45) is -0.625. The molecule has 0 spiro atoms. The largest absolute Gasteiger partial charge is 0.491 e. The lowest BCUT2D eigenvalue weighted by Crippen LogP contribution is -2.49. The number of hydrogen-bond donors (Lipinski definition) is 1. The Kier molecular flexibility index (Phi) is 6.29. The second kappa shape index (κ2) is 8.66. The van der Waals surface area contributed by atoms with Crippen LogP contribution in [0.25, 0.3) is 0 Å². The lowest BCUT2D eigenvalue weighted by atomic mass is 10.2. The van der Waals surface area contributed by atoms with E-state index in [4.69, 9.17) is 16.3 Å². The van der Waals surface area contributed by atoms with Crippen LogP contribution in [-0.2, 0) is 0 Å². The minimum Gasteiger partial charge on any atom is -0.491 e. The van der Waals surface area contributed by atoms with Gasteiger partial charge in [0.1, 0.15) is 30.1 Å². The molecule has 0 bridgehead atoms. The zero-order valence-electron chi connectivity index (χ0n) is 14.2. The average Bonchev–Trinajstić information content (AvgIpc) is 2.62. The number of hydrogen-bond acceptors (Lipinski definition) is 4. The maximum Gasteiger partial charge on any atom is 0.149 e. The fraction of sp³-hybridized carbons (Fsp3) is 0.368. The summed E-state index contributed by atoms with van der Waals surface area (Å²) in [5, 5.41) is 10.8. The molecule has 1 aliphatic rings. The molecule has 3 rings (SSSR count). The molecule has 1 fully saturated rings. The number of benzene rings is 2. The topological polar surface area (TPSA) is 35.9 Å². The van der Waals surface area contributed by atoms with Crippen LogP contribution in [0, 0.1) is 11.6 Å². The SMILES string of the molecule is OC(COc1ccc(Cl)cc1)CN1CCN(c2ccc(F)cc2F)CC1. The minimum absolute atomic E-state index is 0.189. The molecule has 1 atom stereocenters. The summed E-state index contributed by atoms with van der Waals surface area (Å²) in [6, 6.07) is 10.6. The van der Waals surface area contributed by atoms with Gasteiger partial charge in [-0.1, -0.05) is 11.6 Å². The van der Waals surface area contributed by atoms with Crippen LogP contribution in [0.1, 0.15) is 0 Å². The van der Waals surface area contributed by atoms with Gasteiger partial charge in [0, 0.05) is 43.8 Å². The van der Waals surface area contributed by atoms with Crippen molar-refractivity contribution < 1.29 is 18.6 Å². The van der Waals surface area contributed by atoms with Crippen molar-refractivity contribution >= 4 is 17.3 Å². The highest BCUT2D eigenvalue weighted by atomic mass is 35.5. The van der Waals surface area contributed by atoms with Crippen LogP contribution in [0.4, 0.5) is 14.5 Å². The van der Waals surface area contributed by atoms with E-state index >= 15 is 0 Å². The fourth-order valence-corrected chi connectivity index (χ4v) is 3.11. The molecule has 4 nitrogen and oxygen atoms in total. The van der Waals surface area contributed by atoms with Crippen molar-refractivity contribution in [1.29, 1.82) is 0 Å². The fourth-order valence-electron chi connectivity index (χ4n) is 2.98. The van der Waals surface area contributed by atoms with E-state index in [2.05, 4.69) is 4.90 Å². The molecule has 140 valence electrons. The van der Waals surface area contributed by atoms with Crippen molar-refractivity contribution in [3.05, 3.63) is 59.1 Å². The molecule has 2 aromatic rings. The number of rotatable bonds is 6. The summed E-state index contributed by atoms with van der Waals surface area (Å²) in [6.45, 7) is 3.28. The molecular weight excluding hydrogens is 362 g/mol. The molecule has 0 aromatic heterocycles. The summed E-state index contributed by atoms with van der Waals surface area (Å²) in [7, 11) is 0. The predicted molar refractivity (Wildman–Crippen MR) is 98.0 cm³/mol. The second-order valence-corrected chi connectivity index (χ2v) is 6.74. The van der Waals surface area contributed by atoms with Crippen LogP contribution in [0.5, 0.6) is 5.75 Å². The van der Waals surface area contributed by atoms with Crippen molar-refractivity contribution in [2.45, 2.75) is 6.10 Å². The van der Waals surface area contributed by atoms with Gasteiger partial charge in [-0.05, 0) is 36.4 Å².